The summed E-state index contributed by atoms with van der Waals surface area (Å²) in [5.74, 6) is -0.901. The van der Waals surface area contributed by atoms with Crippen molar-refractivity contribution in [2.75, 3.05) is 18.6 Å². The minimum absolute atomic E-state index is 0.197. The lowest BCUT2D eigenvalue weighted by molar-refractivity contribution is -0.159. The molecule has 0 heterocycles. The third-order valence-electron chi connectivity index (χ3n) is 7.95. The Morgan fingerprint density at radius 1 is 0.843 bits per heavy atom. The summed E-state index contributed by atoms with van der Waals surface area (Å²) >= 11 is 1.56. The fraction of sp³-hybridized carbons (Fsp3) is 0.561. The van der Waals surface area contributed by atoms with E-state index in [2.05, 4.69) is 24.1 Å². The van der Waals surface area contributed by atoms with Crippen LogP contribution in [-0.4, -0.2) is 70.6 Å². The van der Waals surface area contributed by atoms with Crippen LogP contribution in [0.2, 0.25) is 0 Å². The Hall–Kier alpha value is -3.79. The van der Waals surface area contributed by atoms with E-state index in [1.54, 1.807) is 70.3 Å². The number of esters is 1. The third-order valence-corrected chi connectivity index (χ3v) is 8.59. The van der Waals surface area contributed by atoms with Crippen LogP contribution in [0.15, 0.2) is 61.2 Å². The fourth-order valence-corrected chi connectivity index (χ4v) is 6.04. The molecule has 0 spiro atoms. The first-order valence-electron chi connectivity index (χ1n) is 18.2. The second kappa shape index (κ2) is 21.5. The minimum Gasteiger partial charge on any atom is -0.458 e. The van der Waals surface area contributed by atoms with Crippen molar-refractivity contribution in [1.82, 2.24) is 15.5 Å². The summed E-state index contributed by atoms with van der Waals surface area (Å²) in [6, 6.07) is 13.6. The van der Waals surface area contributed by atoms with E-state index in [1.165, 1.54) is 0 Å². The Bertz CT molecular complexity index is 1400. The largest absolute Gasteiger partial charge is 0.458 e. The number of nitrogens with zero attached hydrogens (tertiary/aromatic N) is 1. The van der Waals surface area contributed by atoms with Gasteiger partial charge in [0.2, 0.25) is 11.8 Å². The molecular weight excluding hydrogens is 663 g/mol. The Kier molecular flexibility index (Phi) is 18.3. The normalized spacial score (nSPS) is 13.3. The monoisotopic (exact) mass is 723 g/mol. The number of unbranched alkanes of at least 4 members (excludes halogenated alkanes) is 5. The van der Waals surface area contributed by atoms with Gasteiger partial charge in [-0.05, 0) is 89.1 Å². The fourth-order valence-electron chi connectivity index (χ4n) is 5.57. The van der Waals surface area contributed by atoms with E-state index in [4.69, 9.17) is 9.47 Å². The van der Waals surface area contributed by atoms with Crippen molar-refractivity contribution in [3.63, 3.8) is 0 Å². The molecule has 51 heavy (non-hydrogen) atoms. The van der Waals surface area contributed by atoms with E-state index < -0.39 is 53.2 Å². The average Bonchev–Trinajstić information content (AvgIpc) is 3.05. The smallest absolute Gasteiger partial charge is 0.408 e. The molecule has 2 aromatic rings. The molecule has 282 valence electrons. The summed E-state index contributed by atoms with van der Waals surface area (Å²) in [5.41, 5.74) is 0.631. The van der Waals surface area contributed by atoms with Crippen molar-refractivity contribution in [2.45, 2.75) is 129 Å². The van der Waals surface area contributed by atoms with Gasteiger partial charge in [0, 0.05) is 13.0 Å². The van der Waals surface area contributed by atoms with Crippen molar-refractivity contribution in [1.29, 1.82) is 0 Å². The standard InChI is InChI=1S/C41H61N3O6S/c1-10-12-13-14-15-19-26-44(37(46)33(25-27-51-9)43-39(48)50-41(6,7)8)35(32-24-20-23-30(11-2)28-32)36(45)42-34(38(47)49-40(3,4)5)29-31-21-17-16-18-22-31/h11,16-18,20-24,28,33-35H,2,10,12-15,19,25-27,29H2,1,3-9H3,(H,42,45)(H,43,48). The Morgan fingerprint density at radius 3 is 2.10 bits per heavy atom. The highest BCUT2D eigenvalue weighted by Crippen LogP contribution is 2.27. The zero-order chi connectivity index (χ0) is 38.0. The number of carbonyl (C=O) groups excluding carboxylic acids is 4. The van der Waals surface area contributed by atoms with Crippen LogP contribution in [0.3, 0.4) is 0 Å². The van der Waals surface area contributed by atoms with E-state index in [0.29, 0.717) is 24.2 Å². The highest BCUT2D eigenvalue weighted by atomic mass is 32.2. The van der Waals surface area contributed by atoms with Crippen LogP contribution in [0.4, 0.5) is 4.79 Å². The number of ether oxygens (including phenoxy) is 2. The average molecular weight is 724 g/mol. The van der Waals surface area contributed by atoms with Gasteiger partial charge in [-0.3, -0.25) is 9.59 Å². The third kappa shape index (κ3) is 16.4. The molecule has 0 radical (unpaired) electrons. The minimum atomic E-state index is -1.12. The molecule has 0 aliphatic carbocycles. The molecule has 2 N–H and O–H groups in total. The highest BCUT2D eigenvalue weighted by Gasteiger charge is 2.38. The second-order valence-corrected chi connectivity index (χ2v) is 15.8. The number of nitrogens with one attached hydrogen (secondary N) is 2. The number of hydrogen-bond acceptors (Lipinski definition) is 7. The predicted molar refractivity (Wildman–Crippen MR) is 208 cm³/mol. The number of benzene rings is 2. The highest BCUT2D eigenvalue weighted by molar-refractivity contribution is 7.98. The van der Waals surface area contributed by atoms with E-state index in [9.17, 15) is 19.2 Å². The molecule has 0 fully saturated rings. The van der Waals surface area contributed by atoms with Gasteiger partial charge in [-0.15, -0.1) is 0 Å². The Labute approximate surface area is 310 Å². The Morgan fingerprint density at radius 2 is 1.49 bits per heavy atom. The number of alkyl carbamates (subject to hydrolysis) is 1. The van der Waals surface area contributed by atoms with Gasteiger partial charge < -0.3 is 25.0 Å². The second-order valence-electron chi connectivity index (χ2n) is 14.8. The molecule has 0 aromatic heterocycles. The molecule has 3 unspecified atom stereocenters. The number of hydrogen-bond donors (Lipinski definition) is 2. The van der Waals surface area contributed by atoms with Gasteiger partial charge in [-0.1, -0.05) is 100 Å². The van der Waals surface area contributed by atoms with Crippen molar-refractivity contribution in [3.05, 3.63) is 77.9 Å². The lowest BCUT2D eigenvalue weighted by Crippen LogP contribution is -2.55. The van der Waals surface area contributed by atoms with Gasteiger partial charge in [-0.25, -0.2) is 9.59 Å². The van der Waals surface area contributed by atoms with Crippen molar-refractivity contribution < 1.29 is 28.7 Å². The van der Waals surface area contributed by atoms with E-state index in [0.717, 1.165) is 43.2 Å². The summed E-state index contributed by atoms with van der Waals surface area (Å²) in [4.78, 5) is 57.7. The van der Waals surface area contributed by atoms with Crippen LogP contribution < -0.4 is 10.6 Å². The van der Waals surface area contributed by atoms with Gasteiger partial charge in [0.05, 0.1) is 0 Å². The maximum Gasteiger partial charge on any atom is 0.408 e. The molecule has 0 aliphatic rings. The summed E-state index contributed by atoms with van der Waals surface area (Å²) in [6.07, 6.45) is 9.30. The van der Waals surface area contributed by atoms with E-state index in [-0.39, 0.29) is 13.0 Å². The molecule has 3 atom stereocenters. The zero-order valence-corrected chi connectivity index (χ0v) is 32.9. The molecule has 0 aliphatic heterocycles. The topological polar surface area (TPSA) is 114 Å². The molecule has 3 amide bonds. The van der Waals surface area contributed by atoms with Gasteiger partial charge in [0.25, 0.3) is 0 Å². The van der Waals surface area contributed by atoms with Crippen LogP contribution in [0.25, 0.3) is 6.08 Å². The quantitative estimate of drug-likeness (QED) is 0.104. The molecule has 10 heteroatoms. The van der Waals surface area contributed by atoms with Crippen LogP contribution in [0, 0.1) is 0 Å². The SMILES string of the molecule is C=Cc1cccc(C(C(=O)NC(Cc2ccccc2)C(=O)OC(C)(C)C)N(CCCCCCCC)C(=O)C(CCSC)NC(=O)OC(C)(C)C)c1. The molecule has 9 nitrogen and oxygen atoms in total. The van der Waals surface area contributed by atoms with E-state index in [1.807, 2.05) is 54.8 Å². The first-order valence-corrected chi connectivity index (χ1v) is 19.6. The maximum atomic E-state index is 14.7. The lowest BCUT2D eigenvalue weighted by atomic mass is 9.98. The summed E-state index contributed by atoms with van der Waals surface area (Å²) in [5, 5.41) is 5.79. The zero-order valence-electron chi connectivity index (χ0n) is 32.1. The van der Waals surface area contributed by atoms with Crippen LogP contribution >= 0.6 is 11.8 Å². The first kappa shape index (κ1) is 43.4. The number of amides is 3. The summed E-state index contributed by atoms with van der Waals surface area (Å²) < 4.78 is 11.3. The van der Waals surface area contributed by atoms with Crippen molar-refractivity contribution >= 4 is 41.7 Å². The molecule has 0 saturated heterocycles. The van der Waals surface area contributed by atoms with Gasteiger partial charge in [0.1, 0.15) is 29.3 Å². The molecule has 2 rings (SSSR count). The first-order chi connectivity index (χ1) is 24.1. The predicted octanol–water partition coefficient (Wildman–Crippen LogP) is 8.28. The van der Waals surface area contributed by atoms with Crippen LogP contribution in [0.1, 0.15) is 116 Å². The van der Waals surface area contributed by atoms with Crippen LogP contribution in [0.5, 0.6) is 0 Å². The van der Waals surface area contributed by atoms with Crippen LogP contribution in [-0.2, 0) is 30.3 Å². The van der Waals surface area contributed by atoms with Gasteiger partial charge in [-0.2, -0.15) is 11.8 Å². The number of rotatable bonds is 20. The molecular formula is C41H61N3O6S. The number of carbonyl (C=O) groups is 4. The molecule has 0 saturated carbocycles. The van der Waals surface area contributed by atoms with Gasteiger partial charge >= 0.3 is 12.1 Å². The summed E-state index contributed by atoms with van der Waals surface area (Å²) in [7, 11) is 0. The molecule has 0 bridgehead atoms. The number of thioether (sulfide) groups is 1. The Balaban J connectivity index is 2.65. The van der Waals surface area contributed by atoms with E-state index >= 15 is 0 Å². The maximum absolute atomic E-state index is 14.7. The summed E-state index contributed by atoms with van der Waals surface area (Å²) in [6.45, 7) is 17.0. The van der Waals surface area contributed by atoms with Gasteiger partial charge in [0.15, 0.2) is 0 Å². The molecule has 2 aromatic carbocycles. The van der Waals surface area contributed by atoms with Crippen molar-refractivity contribution in [3.8, 4) is 0 Å². The van der Waals surface area contributed by atoms with Crippen molar-refractivity contribution in [2.24, 2.45) is 0 Å². The lowest BCUT2D eigenvalue weighted by Gasteiger charge is -2.35.